The number of rotatable bonds is 5. The van der Waals surface area contributed by atoms with E-state index in [1.54, 1.807) is 12.1 Å². The van der Waals surface area contributed by atoms with Gasteiger partial charge >= 0.3 is 0 Å². The lowest BCUT2D eigenvalue weighted by Gasteiger charge is -2.05. The molecule has 5 heteroatoms. The third-order valence-corrected chi connectivity index (χ3v) is 1.65. The Morgan fingerprint density at radius 1 is 1.40 bits per heavy atom. The molecule has 0 saturated carbocycles. The summed E-state index contributed by atoms with van der Waals surface area (Å²) >= 11 is 0. The molecule has 1 aromatic carbocycles. The van der Waals surface area contributed by atoms with Crippen LogP contribution in [0.3, 0.4) is 0 Å². The minimum absolute atomic E-state index is 0.0158. The van der Waals surface area contributed by atoms with Gasteiger partial charge in [0.25, 0.3) is 0 Å². The van der Waals surface area contributed by atoms with E-state index >= 15 is 0 Å². The van der Waals surface area contributed by atoms with Crippen molar-refractivity contribution < 1.29 is 14.6 Å². The maximum Gasteiger partial charge on any atom is 0.250 e. The van der Waals surface area contributed by atoms with E-state index in [4.69, 9.17) is 15.6 Å². The average Bonchev–Trinajstić information content (AvgIpc) is 2.22. The molecule has 82 valence electrons. The number of ether oxygens (including phenoxy) is 1. The van der Waals surface area contributed by atoms with Crippen LogP contribution < -0.4 is 11.1 Å². The van der Waals surface area contributed by atoms with Gasteiger partial charge in [0.05, 0.1) is 6.61 Å². The molecule has 0 saturated heterocycles. The Balaban J connectivity index is 2.34. The highest BCUT2D eigenvalue weighted by Crippen LogP contribution is 2.13. The number of aromatic hydroxyl groups is 1. The minimum Gasteiger partial charge on any atom is -0.508 e. The summed E-state index contributed by atoms with van der Waals surface area (Å²) in [5.74, 6) is -0.0819. The number of phenols is 1. The van der Waals surface area contributed by atoms with E-state index in [1.165, 1.54) is 12.1 Å². The van der Waals surface area contributed by atoms with Gasteiger partial charge in [-0.05, 0) is 24.3 Å². The van der Waals surface area contributed by atoms with Crippen LogP contribution in [0.15, 0.2) is 24.3 Å². The van der Waals surface area contributed by atoms with Crippen LogP contribution in [-0.2, 0) is 9.53 Å². The fourth-order valence-electron chi connectivity index (χ4n) is 0.990. The zero-order valence-electron chi connectivity index (χ0n) is 8.27. The standard InChI is InChI=1S/C10H14N2O3/c11-5-6-15-7-10(14)12-8-1-3-9(13)4-2-8/h1-4,13H,5-7,11H2,(H,12,14). The molecule has 1 rings (SSSR count). The van der Waals surface area contributed by atoms with E-state index in [-0.39, 0.29) is 18.3 Å². The van der Waals surface area contributed by atoms with Crippen molar-refractivity contribution in [2.75, 3.05) is 25.1 Å². The molecule has 0 aliphatic heterocycles. The molecule has 0 aromatic heterocycles. The van der Waals surface area contributed by atoms with Crippen molar-refractivity contribution in [2.24, 2.45) is 5.73 Å². The number of nitrogens with two attached hydrogens (primary N) is 1. The van der Waals surface area contributed by atoms with Gasteiger partial charge in [-0.15, -0.1) is 0 Å². The third kappa shape index (κ3) is 4.44. The molecular formula is C10H14N2O3. The second kappa shape index (κ2) is 6.00. The first-order chi connectivity index (χ1) is 7.22. The normalized spacial score (nSPS) is 9.93. The molecule has 0 aliphatic rings. The van der Waals surface area contributed by atoms with E-state index in [0.29, 0.717) is 18.8 Å². The van der Waals surface area contributed by atoms with Crippen molar-refractivity contribution >= 4 is 11.6 Å². The molecule has 0 fully saturated rings. The number of anilines is 1. The lowest BCUT2D eigenvalue weighted by molar-refractivity contribution is -0.120. The van der Waals surface area contributed by atoms with E-state index in [0.717, 1.165) is 0 Å². The quantitative estimate of drug-likeness (QED) is 0.482. The van der Waals surface area contributed by atoms with Gasteiger partial charge in [0.2, 0.25) is 5.91 Å². The van der Waals surface area contributed by atoms with Crippen LogP contribution >= 0.6 is 0 Å². The summed E-state index contributed by atoms with van der Waals surface area (Å²) in [5.41, 5.74) is 5.82. The van der Waals surface area contributed by atoms with Gasteiger partial charge in [0.1, 0.15) is 12.4 Å². The number of nitrogens with one attached hydrogen (secondary N) is 1. The van der Waals surface area contributed by atoms with Crippen LogP contribution in [0.4, 0.5) is 5.69 Å². The van der Waals surface area contributed by atoms with Crippen LogP contribution in [0.1, 0.15) is 0 Å². The topological polar surface area (TPSA) is 84.6 Å². The van der Waals surface area contributed by atoms with Gasteiger partial charge in [-0.25, -0.2) is 0 Å². The van der Waals surface area contributed by atoms with Gasteiger partial charge in [0, 0.05) is 12.2 Å². The van der Waals surface area contributed by atoms with E-state index in [1.807, 2.05) is 0 Å². The summed E-state index contributed by atoms with van der Waals surface area (Å²) in [5, 5.41) is 11.6. The zero-order chi connectivity index (χ0) is 11.1. The summed E-state index contributed by atoms with van der Waals surface area (Å²) < 4.78 is 4.95. The van der Waals surface area contributed by atoms with Crippen molar-refractivity contribution in [3.63, 3.8) is 0 Å². The fraction of sp³-hybridized carbons (Fsp3) is 0.300. The maximum atomic E-state index is 11.2. The van der Waals surface area contributed by atoms with Gasteiger partial charge < -0.3 is 20.9 Å². The average molecular weight is 210 g/mol. The Morgan fingerprint density at radius 2 is 2.07 bits per heavy atom. The van der Waals surface area contributed by atoms with Crippen molar-refractivity contribution in [1.29, 1.82) is 0 Å². The van der Waals surface area contributed by atoms with Crippen LogP contribution in [0.5, 0.6) is 5.75 Å². The molecular weight excluding hydrogens is 196 g/mol. The fourth-order valence-corrected chi connectivity index (χ4v) is 0.990. The monoisotopic (exact) mass is 210 g/mol. The SMILES string of the molecule is NCCOCC(=O)Nc1ccc(O)cc1. The van der Waals surface area contributed by atoms with Crippen LogP contribution in [0, 0.1) is 0 Å². The van der Waals surface area contributed by atoms with Crippen LogP contribution in [0.25, 0.3) is 0 Å². The van der Waals surface area contributed by atoms with Crippen LogP contribution in [-0.4, -0.2) is 30.8 Å². The number of carbonyl (C=O) groups excluding carboxylic acids is 1. The molecule has 1 aromatic rings. The summed E-state index contributed by atoms with van der Waals surface area (Å²) in [6.45, 7) is 0.744. The van der Waals surface area contributed by atoms with Gasteiger partial charge in [-0.3, -0.25) is 4.79 Å². The molecule has 0 radical (unpaired) electrons. The largest absolute Gasteiger partial charge is 0.508 e. The molecule has 5 nitrogen and oxygen atoms in total. The molecule has 1 amide bonds. The van der Waals surface area contributed by atoms with Crippen molar-refractivity contribution in [3.8, 4) is 5.75 Å². The number of carbonyl (C=O) groups is 1. The first-order valence-corrected chi connectivity index (χ1v) is 4.59. The third-order valence-electron chi connectivity index (χ3n) is 1.65. The Bertz CT molecular complexity index is 311. The highest BCUT2D eigenvalue weighted by atomic mass is 16.5. The van der Waals surface area contributed by atoms with E-state index < -0.39 is 0 Å². The predicted molar refractivity (Wildman–Crippen MR) is 56.6 cm³/mol. The molecule has 0 aliphatic carbocycles. The molecule has 15 heavy (non-hydrogen) atoms. The zero-order valence-corrected chi connectivity index (χ0v) is 8.27. The Hall–Kier alpha value is -1.59. The molecule has 0 spiro atoms. The number of hydrogen-bond acceptors (Lipinski definition) is 4. The number of hydrogen-bond donors (Lipinski definition) is 3. The lowest BCUT2D eigenvalue weighted by atomic mass is 10.3. The minimum atomic E-state index is -0.242. The number of benzene rings is 1. The van der Waals surface area contributed by atoms with Gasteiger partial charge in [-0.1, -0.05) is 0 Å². The smallest absolute Gasteiger partial charge is 0.250 e. The highest BCUT2D eigenvalue weighted by Gasteiger charge is 2.01. The Labute approximate surface area is 87.9 Å². The van der Waals surface area contributed by atoms with Crippen molar-refractivity contribution in [2.45, 2.75) is 0 Å². The van der Waals surface area contributed by atoms with E-state index in [9.17, 15) is 4.79 Å². The van der Waals surface area contributed by atoms with Crippen molar-refractivity contribution in [1.82, 2.24) is 0 Å². The second-order valence-corrected chi connectivity index (χ2v) is 2.94. The molecule has 0 heterocycles. The number of amides is 1. The first kappa shape index (κ1) is 11.5. The Kier molecular flexibility index (Phi) is 4.59. The highest BCUT2D eigenvalue weighted by molar-refractivity contribution is 5.91. The van der Waals surface area contributed by atoms with Gasteiger partial charge in [0.15, 0.2) is 0 Å². The van der Waals surface area contributed by atoms with Gasteiger partial charge in [-0.2, -0.15) is 0 Å². The second-order valence-electron chi connectivity index (χ2n) is 2.94. The number of phenolic OH excluding ortho intramolecular Hbond substituents is 1. The van der Waals surface area contributed by atoms with Crippen molar-refractivity contribution in [3.05, 3.63) is 24.3 Å². The summed E-state index contributed by atoms with van der Waals surface area (Å²) in [7, 11) is 0. The summed E-state index contributed by atoms with van der Waals surface area (Å²) in [6.07, 6.45) is 0. The lowest BCUT2D eigenvalue weighted by Crippen LogP contribution is -2.20. The van der Waals surface area contributed by atoms with Crippen LogP contribution in [0.2, 0.25) is 0 Å². The molecule has 0 atom stereocenters. The molecule has 4 N–H and O–H groups in total. The maximum absolute atomic E-state index is 11.2. The van der Waals surface area contributed by atoms with E-state index in [2.05, 4.69) is 5.32 Å². The predicted octanol–water partition coefficient (Wildman–Crippen LogP) is 0.306. The summed E-state index contributed by atoms with van der Waals surface area (Å²) in [4.78, 5) is 11.2. The molecule has 0 unspecified atom stereocenters. The Morgan fingerprint density at radius 3 is 2.67 bits per heavy atom. The first-order valence-electron chi connectivity index (χ1n) is 4.59. The summed E-state index contributed by atoms with van der Waals surface area (Å²) in [6, 6.07) is 6.21. The molecule has 0 bridgehead atoms.